The normalized spacial score (nSPS) is 27.6. The average Bonchev–Trinajstić information content (AvgIpc) is 3.06. The van der Waals surface area contributed by atoms with Crippen LogP contribution in [0, 0.1) is 5.92 Å². The topological polar surface area (TPSA) is 111 Å². The molecule has 4 aliphatic heterocycles. The number of carbonyl (C=O) groups excluding carboxylic acids is 3. The Labute approximate surface area is 203 Å². The summed E-state index contributed by atoms with van der Waals surface area (Å²) >= 11 is 0. The van der Waals surface area contributed by atoms with Gasteiger partial charge in [-0.1, -0.05) is 0 Å². The molecule has 0 spiro atoms. The van der Waals surface area contributed by atoms with Crippen molar-refractivity contribution in [1.82, 2.24) is 19.6 Å². The molecule has 4 rings (SSSR count). The minimum absolute atomic E-state index is 0. The van der Waals surface area contributed by atoms with Gasteiger partial charge in [-0.05, 0) is 19.0 Å². The number of β-lactam (4-membered cyclic amide) rings is 1. The van der Waals surface area contributed by atoms with Gasteiger partial charge in [-0.25, -0.2) is 9.59 Å². The number of hydrogen-bond donors (Lipinski definition) is 1. The number of alkyl halides is 3. The molecule has 0 aromatic rings. The summed E-state index contributed by atoms with van der Waals surface area (Å²) in [5, 5.41) is 9.62. The van der Waals surface area contributed by atoms with E-state index in [-0.39, 0.29) is 53.8 Å². The van der Waals surface area contributed by atoms with Crippen LogP contribution in [0.15, 0.2) is 11.3 Å². The number of likely N-dealkylation sites (tertiary alicyclic amines) is 1. The molecular weight excluding hydrogens is 448 g/mol. The zero-order chi connectivity index (χ0) is 22.7. The third-order valence-corrected chi connectivity index (χ3v) is 6.28. The first-order valence-corrected chi connectivity index (χ1v) is 9.77. The SMILES string of the molecule is CN1CCN(C(=O)OCC2=C(C(=O)O)N3C(=O)[C@@H]4[C@H]3[C@H](C2)CN4C(=O)C(F)(F)F)CC1.[NaH]. The molecule has 10 nitrogen and oxygen atoms in total. The number of rotatable bonds is 3. The Hall–Kier alpha value is -1.83. The molecule has 4 aliphatic rings. The molecule has 3 saturated heterocycles. The minimum atomic E-state index is -5.13. The van der Waals surface area contributed by atoms with E-state index in [9.17, 15) is 37.5 Å². The summed E-state index contributed by atoms with van der Waals surface area (Å²) in [6, 6.07) is -2.13. The van der Waals surface area contributed by atoms with Crippen LogP contribution in [0.5, 0.6) is 0 Å². The van der Waals surface area contributed by atoms with Crippen molar-refractivity contribution in [3.63, 3.8) is 0 Å². The van der Waals surface area contributed by atoms with Crippen LogP contribution in [0.4, 0.5) is 18.0 Å². The Balaban J connectivity index is 0.00000289. The van der Waals surface area contributed by atoms with Gasteiger partial charge in [0.25, 0.3) is 5.91 Å². The maximum atomic E-state index is 12.9. The van der Waals surface area contributed by atoms with E-state index in [2.05, 4.69) is 0 Å². The van der Waals surface area contributed by atoms with Crippen LogP contribution < -0.4 is 0 Å². The summed E-state index contributed by atoms with van der Waals surface area (Å²) in [5.41, 5.74) is -0.237. The number of halogens is 3. The van der Waals surface area contributed by atoms with Crippen LogP contribution in [-0.4, -0.2) is 143 Å². The van der Waals surface area contributed by atoms with Crippen LogP contribution in [0.25, 0.3) is 0 Å². The Morgan fingerprint density at radius 2 is 1.78 bits per heavy atom. The summed E-state index contributed by atoms with van der Waals surface area (Å²) in [5.74, 6) is -4.98. The quantitative estimate of drug-likeness (QED) is 0.419. The van der Waals surface area contributed by atoms with Gasteiger partial charge < -0.3 is 24.5 Å². The summed E-state index contributed by atoms with van der Waals surface area (Å²) in [6.07, 6.45) is -5.73. The Morgan fingerprint density at radius 3 is 2.34 bits per heavy atom. The van der Waals surface area contributed by atoms with Crippen molar-refractivity contribution in [2.75, 3.05) is 46.4 Å². The molecule has 3 amide bonds. The van der Waals surface area contributed by atoms with E-state index in [0.29, 0.717) is 31.1 Å². The van der Waals surface area contributed by atoms with Gasteiger partial charge in [-0.2, -0.15) is 13.2 Å². The summed E-state index contributed by atoms with van der Waals surface area (Å²) in [6.45, 7) is 1.51. The van der Waals surface area contributed by atoms with Crippen LogP contribution in [0.2, 0.25) is 0 Å². The molecule has 4 heterocycles. The number of ether oxygens (including phenoxy) is 1. The molecule has 0 aromatic heterocycles. The number of aliphatic carboxylic acids is 1. The van der Waals surface area contributed by atoms with Crippen molar-refractivity contribution in [3.8, 4) is 0 Å². The molecule has 0 aliphatic carbocycles. The zero-order valence-electron chi connectivity index (χ0n) is 16.6. The Bertz CT molecular complexity index is 873. The number of piperazine rings is 1. The number of nitrogens with zero attached hydrogens (tertiary/aromatic N) is 4. The molecule has 3 atom stereocenters. The third kappa shape index (κ3) is 4.11. The van der Waals surface area contributed by atoms with Gasteiger partial charge in [0, 0.05) is 38.6 Å². The van der Waals surface area contributed by atoms with Gasteiger partial charge in [0.05, 0.1) is 6.04 Å². The van der Waals surface area contributed by atoms with Gasteiger partial charge in [0.15, 0.2) is 0 Å². The number of carbonyl (C=O) groups is 4. The van der Waals surface area contributed by atoms with E-state index in [1.807, 2.05) is 11.9 Å². The van der Waals surface area contributed by atoms with Crippen molar-refractivity contribution in [2.24, 2.45) is 5.92 Å². The number of hydrogen-bond acceptors (Lipinski definition) is 6. The molecule has 14 heteroatoms. The first-order valence-electron chi connectivity index (χ1n) is 9.77. The van der Waals surface area contributed by atoms with Crippen LogP contribution in [-0.2, 0) is 19.1 Å². The predicted octanol–water partition coefficient (Wildman–Crippen LogP) is -0.936. The van der Waals surface area contributed by atoms with Crippen LogP contribution in [0.1, 0.15) is 6.42 Å². The van der Waals surface area contributed by atoms with Gasteiger partial charge in [-0.15, -0.1) is 0 Å². The molecule has 32 heavy (non-hydrogen) atoms. The van der Waals surface area contributed by atoms with Gasteiger partial charge in [-0.3, -0.25) is 14.5 Å². The van der Waals surface area contributed by atoms with Crippen molar-refractivity contribution in [2.45, 2.75) is 24.7 Å². The molecule has 0 saturated carbocycles. The van der Waals surface area contributed by atoms with Crippen LogP contribution >= 0.6 is 0 Å². The average molecular weight is 470 g/mol. The standard InChI is InChI=1S/C18H21F3N4O6.Na.H/c1-22-2-4-23(5-3-22)17(30)31-8-10-6-9-7-24(16(29)18(19,20)21)13-11(9)25(14(13)26)12(10)15(27)28;;/h9,11,13H,2-8H2,1H3,(H,27,28);;/t9-,11-,13+;;/m1../s1. The van der Waals surface area contributed by atoms with E-state index in [0.717, 1.165) is 4.90 Å². The van der Waals surface area contributed by atoms with Gasteiger partial charge >= 0.3 is 53.7 Å². The zero-order valence-corrected chi connectivity index (χ0v) is 16.6. The predicted molar refractivity (Wildman–Crippen MR) is 103 cm³/mol. The summed E-state index contributed by atoms with van der Waals surface area (Å²) in [7, 11) is 1.91. The van der Waals surface area contributed by atoms with E-state index in [4.69, 9.17) is 4.74 Å². The number of carboxylic acids is 1. The van der Waals surface area contributed by atoms with E-state index < -0.39 is 54.7 Å². The second-order valence-electron chi connectivity index (χ2n) is 8.17. The number of carboxylic acid groups (broad SMARTS) is 1. The number of likely N-dealkylation sites (N-methyl/N-ethyl adjacent to an activating group) is 1. The molecule has 1 N–H and O–H groups in total. The van der Waals surface area contributed by atoms with Crippen LogP contribution in [0.3, 0.4) is 0 Å². The molecular formula is C18H22F3N4NaO6. The van der Waals surface area contributed by atoms with Crippen molar-refractivity contribution in [3.05, 3.63) is 11.3 Å². The van der Waals surface area contributed by atoms with Crippen molar-refractivity contribution in [1.29, 1.82) is 0 Å². The van der Waals surface area contributed by atoms with E-state index in [1.165, 1.54) is 4.90 Å². The second-order valence-corrected chi connectivity index (χ2v) is 8.17. The second kappa shape index (κ2) is 8.84. The van der Waals surface area contributed by atoms with Gasteiger partial charge in [0.1, 0.15) is 18.3 Å². The Kier molecular flexibility index (Phi) is 6.85. The summed E-state index contributed by atoms with van der Waals surface area (Å²) < 4.78 is 44.0. The monoisotopic (exact) mass is 470 g/mol. The molecule has 0 bridgehead atoms. The first kappa shape index (κ1) is 24.8. The van der Waals surface area contributed by atoms with Gasteiger partial charge in [0.2, 0.25) is 0 Å². The van der Waals surface area contributed by atoms with Crippen molar-refractivity contribution >= 4 is 53.4 Å². The molecule has 0 unspecified atom stereocenters. The summed E-state index contributed by atoms with van der Waals surface area (Å²) in [4.78, 5) is 53.3. The number of amides is 3. The molecule has 0 aromatic carbocycles. The molecule has 3 fully saturated rings. The fourth-order valence-corrected chi connectivity index (χ4v) is 4.77. The third-order valence-electron chi connectivity index (χ3n) is 6.28. The van der Waals surface area contributed by atoms with E-state index >= 15 is 0 Å². The molecule has 172 valence electrons. The van der Waals surface area contributed by atoms with E-state index in [1.54, 1.807) is 0 Å². The molecule has 0 radical (unpaired) electrons. The fourth-order valence-electron chi connectivity index (χ4n) is 4.77. The fraction of sp³-hybridized carbons (Fsp3) is 0.667. The van der Waals surface area contributed by atoms with Crippen molar-refractivity contribution < 1.29 is 42.2 Å². The first-order chi connectivity index (χ1) is 14.5. The maximum absolute atomic E-state index is 12.9. The Morgan fingerprint density at radius 1 is 1.16 bits per heavy atom.